The molecule has 2 rings (SSSR count). The highest BCUT2D eigenvalue weighted by Gasteiger charge is 2.24. The lowest BCUT2D eigenvalue weighted by Gasteiger charge is -2.15. The Morgan fingerprint density at radius 3 is 2.48 bits per heavy atom. The summed E-state index contributed by atoms with van der Waals surface area (Å²) in [6.07, 6.45) is 2.92. The largest absolute Gasteiger partial charge is 0.355 e. The zero-order valence-corrected chi connectivity index (χ0v) is 12.9. The molecule has 0 bridgehead atoms. The van der Waals surface area contributed by atoms with Crippen LogP contribution in [-0.2, 0) is 21.2 Å². The van der Waals surface area contributed by atoms with Gasteiger partial charge in [-0.15, -0.1) is 0 Å². The van der Waals surface area contributed by atoms with E-state index in [4.69, 9.17) is 0 Å². The van der Waals surface area contributed by atoms with Crippen LogP contribution in [0.4, 0.5) is 0 Å². The number of benzene rings is 1. The maximum absolute atomic E-state index is 12.0. The number of aryl methyl sites for hydroxylation is 1. The second kappa shape index (κ2) is 7.56. The van der Waals surface area contributed by atoms with E-state index in [1.807, 2.05) is 30.3 Å². The number of nitrogens with zero attached hydrogens (tertiary/aromatic N) is 1. The van der Waals surface area contributed by atoms with E-state index in [0.29, 0.717) is 25.9 Å². The molecule has 1 amide bonds. The summed E-state index contributed by atoms with van der Waals surface area (Å²) in [5.41, 5.74) is 1.11. The predicted octanol–water partition coefficient (Wildman–Crippen LogP) is 1.16. The Kier molecular flexibility index (Phi) is 5.76. The van der Waals surface area contributed by atoms with E-state index in [0.717, 1.165) is 18.4 Å². The van der Waals surface area contributed by atoms with Crippen LogP contribution in [0.3, 0.4) is 0 Å². The second-order valence-corrected chi connectivity index (χ2v) is 7.35. The molecular weight excluding hydrogens is 288 g/mol. The van der Waals surface area contributed by atoms with Gasteiger partial charge in [-0.05, 0) is 24.8 Å². The highest BCUT2D eigenvalue weighted by atomic mass is 32.2. The van der Waals surface area contributed by atoms with Gasteiger partial charge < -0.3 is 5.32 Å². The van der Waals surface area contributed by atoms with Crippen molar-refractivity contribution < 1.29 is 13.2 Å². The van der Waals surface area contributed by atoms with Crippen molar-refractivity contribution in [2.24, 2.45) is 0 Å². The van der Waals surface area contributed by atoms with Gasteiger partial charge in [-0.1, -0.05) is 30.3 Å². The molecule has 0 saturated carbocycles. The molecule has 1 heterocycles. The maximum atomic E-state index is 12.0. The number of hydrogen-bond acceptors (Lipinski definition) is 3. The summed E-state index contributed by atoms with van der Waals surface area (Å²) >= 11 is 0. The topological polar surface area (TPSA) is 66.5 Å². The maximum Gasteiger partial charge on any atom is 0.220 e. The van der Waals surface area contributed by atoms with Crippen LogP contribution in [0, 0.1) is 0 Å². The van der Waals surface area contributed by atoms with E-state index in [-0.39, 0.29) is 18.2 Å². The normalized spacial score (nSPS) is 16.0. The lowest BCUT2D eigenvalue weighted by Crippen LogP contribution is -2.36. The van der Waals surface area contributed by atoms with Gasteiger partial charge >= 0.3 is 0 Å². The minimum absolute atomic E-state index is 0.00984. The van der Waals surface area contributed by atoms with Gasteiger partial charge in [0.25, 0.3) is 0 Å². The van der Waals surface area contributed by atoms with Gasteiger partial charge in [0.2, 0.25) is 15.9 Å². The summed E-state index contributed by atoms with van der Waals surface area (Å²) in [7, 11) is -3.20. The SMILES string of the molecule is O=C(CCc1ccccc1)NCCS(=O)(=O)N1CCCC1. The Morgan fingerprint density at radius 2 is 1.81 bits per heavy atom. The monoisotopic (exact) mass is 310 g/mol. The Labute approximate surface area is 126 Å². The molecule has 0 unspecified atom stereocenters. The van der Waals surface area contributed by atoms with Crippen LogP contribution in [0.1, 0.15) is 24.8 Å². The van der Waals surface area contributed by atoms with Crippen LogP contribution in [-0.4, -0.2) is 44.0 Å². The molecule has 1 aromatic rings. The zero-order valence-electron chi connectivity index (χ0n) is 12.1. The van der Waals surface area contributed by atoms with Crippen molar-refractivity contribution in [2.75, 3.05) is 25.4 Å². The third kappa shape index (κ3) is 5.13. The molecule has 116 valence electrons. The summed E-state index contributed by atoms with van der Waals surface area (Å²) in [6.45, 7) is 1.42. The van der Waals surface area contributed by atoms with Crippen molar-refractivity contribution in [1.82, 2.24) is 9.62 Å². The molecule has 21 heavy (non-hydrogen) atoms. The van der Waals surface area contributed by atoms with Gasteiger partial charge in [0.15, 0.2) is 0 Å². The van der Waals surface area contributed by atoms with Gasteiger partial charge in [-0.3, -0.25) is 4.79 Å². The summed E-state index contributed by atoms with van der Waals surface area (Å²) in [5, 5.41) is 2.69. The van der Waals surface area contributed by atoms with Crippen molar-refractivity contribution in [3.63, 3.8) is 0 Å². The van der Waals surface area contributed by atoms with E-state index >= 15 is 0 Å². The molecule has 1 aliphatic heterocycles. The van der Waals surface area contributed by atoms with E-state index in [1.165, 1.54) is 4.31 Å². The summed E-state index contributed by atoms with van der Waals surface area (Å²) in [6, 6.07) is 9.77. The molecule has 5 nitrogen and oxygen atoms in total. The third-order valence-corrected chi connectivity index (χ3v) is 5.50. The first-order valence-corrected chi connectivity index (χ1v) is 8.97. The number of hydrogen-bond donors (Lipinski definition) is 1. The first-order chi connectivity index (χ1) is 10.1. The molecule has 6 heteroatoms. The molecule has 1 aromatic carbocycles. The van der Waals surface area contributed by atoms with Crippen molar-refractivity contribution in [3.8, 4) is 0 Å². The second-order valence-electron chi connectivity index (χ2n) is 5.26. The fraction of sp³-hybridized carbons (Fsp3) is 0.533. The van der Waals surface area contributed by atoms with Gasteiger partial charge in [0.1, 0.15) is 0 Å². The Hall–Kier alpha value is -1.40. The molecule has 1 fully saturated rings. The van der Waals surface area contributed by atoms with Crippen LogP contribution in [0.2, 0.25) is 0 Å². The van der Waals surface area contributed by atoms with Crippen LogP contribution in [0.25, 0.3) is 0 Å². The van der Waals surface area contributed by atoms with Crippen molar-refractivity contribution in [1.29, 1.82) is 0 Å². The van der Waals surface area contributed by atoms with Crippen LogP contribution in [0.5, 0.6) is 0 Å². The average molecular weight is 310 g/mol. The minimum atomic E-state index is -3.20. The first kappa shape index (κ1) is 16.0. The van der Waals surface area contributed by atoms with Gasteiger partial charge in [-0.2, -0.15) is 0 Å². The number of sulfonamides is 1. The minimum Gasteiger partial charge on any atom is -0.355 e. The van der Waals surface area contributed by atoms with Gasteiger partial charge in [0.05, 0.1) is 5.75 Å². The Balaban J connectivity index is 1.67. The quantitative estimate of drug-likeness (QED) is 0.822. The molecule has 1 N–H and O–H groups in total. The molecule has 0 radical (unpaired) electrons. The van der Waals surface area contributed by atoms with Crippen molar-refractivity contribution >= 4 is 15.9 Å². The smallest absolute Gasteiger partial charge is 0.220 e. The van der Waals surface area contributed by atoms with Gasteiger partial charge in [-0.25, -0.2) is 12.7 Å². The molecule has 0 aliphatic carbocycles. The third-order valence-electron chi connectivity index (χ3n) is 3.62. The number of rotatable bonds is 7. The Morgan fingerprint density at radius 1 is 1.14 bits per heavy atom. The number of carbonyl (C=O) groups is 1. The summed E-state index contributed by atoms with van der Waals surface area (Å²) in [5.74, 6) is -0.111. The highest BCUT2D eigenvalue weighted by molar-refractivity contribution is 7.89. The van der Waals surface area contributed by atoms with E-state index in [1.54, 1.807) is 0 Å². The highest BCUT2D eigenvalue weighted by Crippen LogP contribution is 2.12. The molecule has 1 saturated heterocycles. The molecule has 1 aliphatic rings. The van der Waals surface area contributed by atoms with Crippen molar-refractivity contribution in [3.05, 3.63) is 35.9 Å². The molecule has 0 aromatic heterocycles. The average Bonchev–Trinajstić information content (AvgIpc) is 3.01. The van der Waals surface area contributed by atoms with Crippen LogP contribution < -0.4 is 5.32 Å². The number of amides is 1. The molecule has 0 atom stereocenters. The summed E-state index contributed by atoms with van der Waals surface area (Å²) in [4.78, 5) is 11.7. The van der Waals surface area contributed by atoms with E-state index in [9.17, 15) is 13.2 Å². The first-order valence-electron chi connectivity index (χ1n) is 7.36. The Bertz CT molecular complexity index is 552. The lowest BCUT2D eigenvalue weighted by atomic mass is 10.1. The summed E-state index contributed by atoms with van der Waals surface area (Å²) < 4.78 is 25.5. The van der Waals surface area contributed by atoms with Crippen molar-refractivity contribution in [2.45, 2.75) is 25.7 Å². The van der Waals surface area contributed by atoms with E-state index in [2.05, 4.69) is 5.32 Å². The van der Waals surface area contributed by atoms with Crippen LogP contribution in [0.15, 0.2) is 30.3 Å². The standard InChI is InChI=1S/C15H22N2O3S/c18-15(9-8-14-6-2-1-3-7-14)16-10-13-21(19,20)17-11-4-5-12-17/h1-3,6-7H,4-5,8-13H2,(H,16,18). The lowest BCUT2D eigenvalue weighted by molar-refractivity contribution is -0.120. The predicted molar refractivity (Wildman–Crippen MR) is 82.4 cm³/mol. The van der Waals surface area contributed by atoms with E-state index < -0.39 is 10.0 Å². The molecular formula is C15H22N2O3S. The number of carbonyl (C=O) groups excluding carboxylic acids is 1. The van der Waals surface area contributed by atoms with Gasteiger partial charge in [0, 0.05) is 26.1 Å². The fourth-order valence-corrected chi connectivity index (χ4v) is 3.84. The number of nitrogens with one attached hydrogen (secondary N) is 1. The fourth-order valence-electron chi connectivity index (χ4n) is 2.41. The zero-order chi connectivity index (χ0) is 15.1. The molecule has 0 spiro atoms. The van der Waals surface area contributed by atoms with Crippen LogP contribution >= 0.6 is 0 Å².